The number of carbonyl (C=O) groups is 1. The molecular weight excluding hydrogens is 304 g/mol. The van der Waals surface area contributed by atoms with Crippen molar-refractivity contribution in [3.8, 4) is 0 Å². The Bertz CT molecular complexity index is 783. The van der Waals surface area contributed by atoms with Gasteiger partial charge in [0.25, 0.3) is 0 Å². The van der Waals surface area contributed by atoms with Gasteiger partial charge < -0.3 is 10.2 Å². The predicted molar refractivity (Wildman–Crippen MR) is 90.5 cm³/mol. The maximum atomic E-state index is 11.2. The summed E-state index contributed by atoms with van der Waals surface area (Å²) in [6.45, 7) is 2.87. The van der Waals surface area contributed by atoms with Gasteiger partial charge in [0.1, 0.15) is 0 Å². The summed E-state index contributed by atoms with van der Waals surface area (Å²) in [6.07, 6.45) is 11.6. The van der Waals surface area contributed by atoms with E-state index in [9.17, 15) is 4.79 Å². The molecule has 1 saturated heterocycles. The summed E-state index contributed by atoms with van der Waals surface area (Å²) < 4.78 is 1.85. The minimum Gasteiger partial charge on any atom is -0.335 e. The zero-order valence-electron chi connectivity index (χ0n) is 13.6. The van der Waals surface area contributed by atoms with E-state index in [4.69, 9.17) is 0 Å². The van der Waals surface area contributed by atoms with E-state index < -0.39 is 0 Å². The standard InChI is InChI=1S/C17H20N6O/c1-2-22-10-13(9-19-22)20-17-18-6-5-16(21-17)12-7-14-3-4-15(8-12)23(14)11-24/h5-7,9-11,14-15H,2-4,8H2,1H3,(H,18,20,21). The molecule has 24 heavy (non-hydrogen) atoms. The lowest BCUT2D eigenvalue weighted by molar-refractivity contribution is -0.120. The second-order valence-corrected chi connectivity index (χ2v) is 6.22. The Kier molecular flexibility index (Phi) is 3.76. The highest BCUT2D eigenvalue weighted by molar-refractivity contribution is 5.68. The maximum Gasteiger partial charge on any atom is 0.227 e. The Labute approximate surface area is 140 Å². The Hall–Kier alpha value is -2.70. The smallest absolute Gasteiger partial charge is 0.227 e. The molecule has 2 atom stereocenters. The molecule has 0 aromatic carbocycles. The Morgan fingerprint density at radius 1 is 1.42 bits per heavy atom. The lowest BCUT2D eigenvalue weighted by Gasteiger charge is -2.30. The van der Waals surface area contributed by atoms with Crippen molar-refractivity contribution in [3.63, 3.8) is 0 Å². The van der Waals surface area contributed by atoms with Crippen LogP contribution in [0, 0.1) is 0 Å². The van der Waals surface area contributed by atoms with E-state index in [1.165, 1.54) is 5.57 Å². The lowest BCUT2D eigenvalue weighted by atomic mass is 9.99. The van der Waals surface area contributed by atoms with Crippen LogP contribution in [0.1, 0.15) is 31.9 Å². The minimum absolute atomic E-state index is 0.213. The fraction of sp³-hybridized carbons (Fsp3) is 0.412. The van der Waals surface area contributed by atoms with Gasteiger partial charge in [-0.25, -0.2) is 9.97 Å². The van der Waals surface area contributed by atoms with Gasteiger partial charge >= 0.3 is 0 Å². The zero-order chi connectivity index (χ0) is 16.5. The molecule has 1 fully saturated rings. The van der Waals surface area contributed by atoms with E-state index in [-0.39, 0.29) is 6.04 Å². The van der Waals surface area contributed by atoms with Crippen LogP contribution in [-0.2, 0) is 11.3 Å². The van der Waals surface area contributed by atoms with Crippen LogP contribution in [0.4, 0.5) is 11.6 Å². The molecule has 2 aliphatic rings. The molecular formula is C17H20N6O. The van der Waals surface area contributed by atoms with Crippen LogP contribution in [0.2, 0.25) is 0 Å². The number of carbonyl (C=O) groups excluding carboxylic acids is 1. The van der Waals surface area contributed by atoms with Crippen molar-refractivity contribution in [2.45, 2.75) is 44.8 Å². The molecule has 1 N–H and O–H groups in total. The van der Waals surface area contributed by atoms with Crippen molar-refractivity contribution >= 4 is 23.6 Å². The molecule has 4 heterocycles. The Morgan fingerprint density at radius 3 is 3.08 bits per heavy atom. The molecule has 2 aromatic rings. The summed E-state index contributed by atoms with van der Waals surface area (Å²) in [5.41, 5.74) is 3.01. The summed E-state index contributed by atoms with van der Waals surface area (Å²) in [5.74, 6) is 0.564. The fourth-order valence-electron chi connectivity index (χ4n) is 3.55. The van der Waals surface area contributed by atoms with Crippen LogP contribution in [-0.4, -0.2) is 43.1 Å². The number of aromatic nitrogens is 4. The topological polar surface area (TPSA) is 75.9 Å². The molecule has 124 valence electrons. The van der Waals surface area contributed by atoms with Crippen LogP contribution < -0.4 is 5.32 Å². The van der Waals surface area contributed by atoms with Gasteiger partial charge in [0.05, 0.1) is 23.6 Å². The van der Waals surface area contributed by atoms with Gasteiger partial charge in [-0.15, -0.1) is 0 Å². The van der Waals surface area contributed by atoms with E-state index in [1.807, 2.05) is 28.8 Å². The molecule has 1 amide bonds. The third kappa shape index (κ3) is 2.66. The predicted octanol–water partition coefficient (Wildman–Crippen LogP) is 2.21. The van der Waals surface area contributed by atoms with Crippen molar-refractivity contribution in [1.29, 1.82) is 0 Å². The Balaban J connectivity index is 1.56. The van der Waals surface area contributed by atoms with Crippen LogP contribution in [0.3, 0.4) is 0 Å². The van der Waals surface area contributed by atoms with Crippen LogP contribution in [0.5, 0.6) is 0 Å². The first-order valence-corrected chi connectivity index (χ1v) is 8.33. The van der Waals surface area contributed by atoms with Gasteiger partial charge in [-0.1, -0.05) is 6.08 Å². The van der Waals surface area contributed by atoms with Gasteiger partial charge in [0.15, 0.2) is 0 Å². The van der Waals surface area contributed by atoms with Crippen molar-refractivity contribution in [3.05, 3.63) is 36.4 Å². The second-order valence-electron chi connectivity index (χ2n) is 6.22. The average Bonchev–Trinajstić information content (AvgIpc) is 3.16. The molecule has 0 radical (unpaired) electrons. The molecule has 4 rings (SSSR count). The first-order valence-electron chi connectivity index (χ1n) is 8.33. The zero-order valence-corrected chi connectivity index (χ0v) is 13.6. The summed E-state index contributed by atoms with van der Waals surface area (Å²) in [5, 5.41) is 7.43. The number of nitrogens with one attached hydrogen (secondary N) is 1. The van der Waals surface area contributed by atoms with Crippen molar-refractivity contribution in [1.82, 2.24) is 24.6 Å². The van der Waals surface area contributed by atoms with Gasteiger partial charge in [0.2, 0.25) is 12.4 Å². The third-order valence-corrected chi connectivity index (χ3v) is 4.77. The largest absolute Gasteiger partial charge is 0.335 e. The number of aryl methyl sites for hydroxylation is 1. The van der Waals surface area contributed by atoms with Crippen molar-refractivity contribution in [2.24, 2.45) is 0 Å². The van der Waals surface area contributed by atoms with Gasteiger partial charge in [0, 0.05) is 25.0 Å². The molecule has 2 aliphatic heterocycles. The molecule has 0 saturated carbocycles. The highest BCUT2D eigenvalue weighted by atomic mass is 16.1. The number of nitrogens with zero attached hydrogens (tertiary/aromatic N) is 5. The van der Waals surface area contributed by atoms with E-state index in [0.717, 1.165) is 43.6 Å². The molecule has 7 heteroatoms. The minimum atomic E-state index is 0.213. The van der Waals surface area contributed by atoms with Crippen LogP contribution in [0.25, 0.3) is 5.57 Å². The molecule has 2 aromatic heterocycles. The normalized spacial score (nSPS) is 22.4. The maximum absolute atomic E-state index is 11.2. The van der Waals surface area contributed by atoms with Gasteiger partial charge in [-0.3, -0.25) is 9.48 Å². The van der Waals surface area contributed by atoms with E-state index in [0.29, 0.717) is 12.0 Å². The van der Waals surface area contributed by atoms with E-state index in [2.05, 4.69) is 26.5 Å². The van der Waals surface area contributed by atoms with Crippen molar-refractivity contribution < 1.29 is 4.79 Å². The second kappa shape index (κ2) is 6.07. The number of rotatable bonds is 5. The van der Waals surface area contributed by atoms with Gasteiger partial charge in [-0.05, 0) is 37.8 Å². The number of fused-ring (bicyclic) bond motifs is 2. The monoisotopic (exact) mass is 324 g/mol. The first kappa shape index (κ1) is 14.9. The number of anilines is 2. The summed E-state index contributed by atoms with van der Waals surface area (Å²) in [6, 6.07) is 2.45. The van der Waals surface area contributed by atoms with Crippen LogP contribution >= 0.6 is 0 Å². The molecule has 0 aliphatic carbocycles. The van der Waals surface area contributed by atoms with E-state index in [1.54, 1.807) is 12.4 Å². The van der Waals surface area contributed by atoms with Crippen molar-refractivity contribution in [2.75, 3.05) is 5.32 Å². The molecule has 0 spiro atoms. The SMILES string of the molecule is CCn1cc(Nc2nccc(C3=CC4CCC(C3)N4C=O)n2)cn1. The van der Waals surface area contributed by atoms with Crippen LogP contribution in [0.15, 0.2) is 30.7 Å². The quantitative estimate of drug-likeness (QED) is 0.854. The summed E-state index contributed by atoms with van der Waals surface area (Å²) in [4.78, 5) is 22.1. The molecule has 7 nitrogen and oxygen atoms in total. The number of hydrogen-bond donors (Lipinski definition) is 1. The lowest BCUT2D eigenvalue weighted by Crippen LogP contribution is -2.37. The Morgan fingerprint density at radius 2 is 2.33 bits per heavy atom. The third-order valence-electron chi connectivity index (χ3n) is 4.77. The first-order chi connectivity index (χ1) is 11.8. The highest BCUT2D eigenvalue weighted by Crippen LogP contribution is 2.37. The number of hydrogen-bond acceptors (Lipinski definition) is 5. The molecule has 2 unspecified atom stereocenters. The fourth-order valence-corrected chi connectivity index (χ4v) is 3.55. The number of amides is 1. The highest BCUT2D eigenvalue weighted by Gasteiger charge is 2.36. The van der Waals surface area contributed by atoms with E-state index >= 15 is 0 Å². The molecule has 2 bridgehead atoms. The average molecular weight is 324 g/mol. The summed E-state index contributed by atoms with van der Waals surface area (Å²) in [7, 11) is 0. The van der Waals surface area contributed by atoms with Gasteiger partial charge in [-0.2, -0.15) is 5.10 Å². The summed E-state index contributed by atoms with van der Waals surface area (Å²) >= 11 is 0.